The molecule has 8 nitrogen and oxygen atoms in total. The van der Waals surface area contributed by atoms with Crippen molar-refractivity contribution in [2.24, 2.45) is 0 Å². The van der Waals surface area contributed by atoms with Gasteiger partial charge in [-0.25, -0.2) is 0 Å². The van der Waals surface area contributed by atoms with Gasteiger partial charge in [-0.1, -0.05) is 330 Å². The molecule has 4 fully saturated rings. The predicted octanol–water partition coefficient (Wildman–Crippen LogP) is 16.7. The van der Waals surface area contributed by atoms with E-state index >= 15 is 0 Å². The number of hydrogen-bond donors (Lipinski definition) is 0. The second kappa shape index (κ2) is 40.3. The Bertz CT molecular complexity index is 2780. The van der Waals surface area contributed by atoms with Crippen molar-refractivity contribution < 1.29 is 72.7 Å². The summed E-state index contributed by atoms with van der Waals surface area (Å²) in [4.78, 5) is 0. The molecule has 0 spiro atoms. The van der Waals surface area contributed by atoms with Gasteiger partial charge in [-0.2, -0.15) is 0 Å². The first-order chi connectivity index (χ1) is 47.0. The van der Waals surface area contributed by atoms with Gasteiger partial charge in [0.15, 0.2) is 0 Å². The minimum absolute atomic E-state index is 0. The summed E-state index contributed by atoms with van der Waals surface area (Å²) in [5, 5.41) is 0. The van der Waals surface area contributed by atoms with Gasteiger partial charge in [-0.15, -0.1) is 0 Å². The molecule has 4 aliphatic rings. The largest absolute Gasteiger partial charge is 1.00 e. The van der Waals surface area contributed by atoms with Crippen molar-refractivity contribution in [3.63, 3.8) is 0 Å². The molecule has 0 saturated carbocycles. The van der Waals surface area contributed by atoms with Crippen molar-refractivity contribution in [1.82, 2.24) is 0 Å². The van der Waals surface area contributed by atoms with Gasteiger partial charge in [0.05, 0.1) is 102 Å². The van der Waals surface area contributed by atoms with Crippen LogP contribution in [0.1, 0.15) is 99.9 Å². The monoisotopic (exact) mass is 1600 g/mol. The summed E-state index contributed by atoms with van der Waals surface area (Å²) in [5.74, 6) is 0. The third-order valence-corrected chi connectivity index (χ3v) is 35.2. The molecule has 4 saturated heterocycles. The quantitative estimate of drug-likeness (QED) is 0.0326. The third kappa shape index (κ3) is 21.2. The van der Waals surface area contributed by atoms with Crippen molar-refractivity contribution in [2.45, 2.75) is 202 Å². The molecule has 4 heterocycles. The summed E-state index contributed by atoms with van der Waals surface area (Å²) in [6.45, 7) is 24.4. The smallest absolute Gasteiger partial charge is 1.00 e. The first kappa shape index (κ1) is 78.3. The van der Waals surface area contributed by atoms with Crippen LogP contribution in [0.3, 0.4) is 0 Å². The summed E-state index contributed by atoms with van der Waals surface area (Å²) >= 11 is 0. The van der Waals surface area contributed by atoms with Gasteiger partial charge in [0.1, 0.15) is 0 Å². The Morgan fingerprint density at radius 3 is 0.398 bits per heavy atom. The molecule has 98 heavy (non-hydrogen) atoms. The molecular formula is C84H104AuClO8P4. The van der Waals surface area contributed by atoms with Crippen LogP contribution in [0.25, 0.3) is 0 Å². The zero-order chi connectivity index (χ0) is 66.6. The van der Waals surface area contributed by atoms with Crippen LogP contribution in [-0.2, 0) is 113 Å². The minimum Gasteiger partial charge on any atom is -1.00 e. The van der Waals surface area contributed by atoms with Gasteiger partial charge < -0.3 is 50.3 Å². The number of hydrogen-bond acceptors (Lipinski definition) is 8. The summed E-state index contributed by atoms with van der Waals surface area (Å²) in [6, 6.07) is 84.5. The fourth-order valence-electron chi connectivity index (χ4n) is 15.3. The molecule has 0 radical (unpaired) electrons. The van der Waals surface area contributed by atoms with Crippen LogP contribution in [0.5, 0.6) is 0 Å². The van der Waals surface area contributed by atoms with E-state index in [4.69, 9.17) is 37.9 Å². The fraction of sp³-hybridized carbons (Fsp3) is 0.429. The van der Waals surface area contributed by atoms with E-state index in [0.717, 1.165) is 0 Å². The van der Waals surface area contributed by atoms with Crippen LogP contribution >= 0.6 is 31.7 Å². The van der Waals surface area contributed by atoms with Crippen molar-refractivity contribution in [3.05, 3.63) is 287 Å². The molecule has 0 aliphatic carbocycles. The van der Waals surface area contributed by atoms with E-state index in [0.29, 0.717) is 98.1 Å². The maximum absolute atomic E-state index is 6.76. The van der Waals surface area contributed by atoms with Crippen LogP contribution in [0, 0.1) is 0 Å². The average Bonchev–Trinajstić information content (AvgIpc) is 1.65. The first-order valence-corrected chi connectivity index (χ1v) is 41.9. The summed E-state index contributed by atoms with van der Waals surface area (Å²) in [5.41, 5.74) is 13.5. The van der Waals surface area contributed by atoms with Crippen LogP contribution in [-0.4, -0.2) is 119 Å². The third-order valence-electron chi connectivity index (χ3n) is 20.8. The van der Waals surface area contributed by atoms with E-state index in [1.54, 1.807) is 0 Å². The van der Waals surface area contributed by atoms with Crippen molar-refractivity contribution >= 4 is 31.7 Å². The second-order valence-corrected chi connectivity index (χ2v) is 39.4. The Hall–Kier alpha value is -3.81. The Morgan fingerprint density at radius 2 is 0.296 bits per heavy atom. The summed E-state index contributed by atoms with van der Waals surface area (Å²) < 4.78 is 54.0. The van der Waals surface area contributed by atoms with Crippen molar-refractivity contribution in [1.29, 1.82) is 0 Å². The average molecular weight is 1600 g/mol. The Labute approximate surface area is 614 Å². The van der Waals surface area contributed by atoms with E-state index in [9.17, 15) is 0 Å². The molecule has 12 rings (SSSR count). The van der Waals surface area contributed by atoms with Gasteiger partial charge in [-0.05, 0) is 69.2 Å². The van der Waals surface area contributed by atoms with E-state index in [2.05, 4.69) is 298 Å². The maximum Gasteiger partial charge on any atom is 1.00 e. The van der Waals surface area contributed by atoms with Gasteiger partial charge in [0, 0.05) is 45.3 Å². The number of rotatable bonds is 30. The number of benzene rings is 8. The van der Waals surface area contributed by atoms with E-state index < -0.39 is 0 Å². The predicted molar refractivity (Wildman–Crippen MR) is 403 cm³/mol. The fourth-order valence-corrected chi connectivity index (χ4v) is 30.3. The van der Waals surface area contributed by atoms with Gasteiger partial charge in [0.25, 0.3) is 0 Å². The molecule has 16 atom stereocenters. The molecule has 8 aromatic carbocycles. The topological polar surface area (TPSA) is 73.8 Å². The molecule has 8 aromatic rings. The van der Waals surface area contributed by atoms with Gasteiger partial charge in [0.2, 0.25) is 0 Å². The normalized spacial score (nSPS) is 29.5. The molecule has 16 unspecified atom stereocenters. The minimum atomic E-state index is -0.293. The van der Waals surface area contributed by atoms with Crippen LogP contribution in [0.2, 0.25) is 0 Å². The molecule has 526 valence electrons. The summed E-state index contributed by atoms with van der Waals surface area (Å²) in [6.07, 6.45) is 5.67. The summed E-state index contributed by atoms with van der Waals surface area (Å²) in [7, 11) is -1.17. The Kier molecular flexibility index (Phi) is 32.2. The molecule has 4 aliphatic heterocycles. The van der Waals surface area contributed by atoms with Crippen LogP contribution in [0.4, 0.5) is 0 Å². The van der Waals surface area contributed by atoms with Gasteiger partial charge in [-0.3, -0.25) is 0 Å². The number of halogens is 1. The molecule has 0 N–H and O–H groups in total. The SMILES string of the molecule is CC1C(OCc2ccccc2)C(OCc2ccccc2)C(C)P1CCP1C(C)C(OCc2ccccc2)C(OCc2ccccc2)C1C.CC1C(OCc2ccccc2)C(OCc2ccccc2)C(C)P1CCP1C(C)C(OCc2ccccc2)C(OCc2ccccc2)C1C.[Au+].[Cl-]. The molecule has 0 bridgehead atoms. The van der Waals surface area contributed by atoms with Crippen LogP contribution in [0.15, 0.2) is 243 Å². The molecule has 0 aromatic heterocycles. The zero-order valence-corrected chi connectivity index (χ0v) is 65.1. The second-order valence-electron chi connectivity index (χ2n) is 27.0. The van der Waals surface area contributed by atoms with E-state index in [1.165, 1.54) is 69.2 Å². The van der Waals surface area contributed by atoms with Crippen molar-refractivity contribution in [3.8, 4) is 0 Å². The van der Waals surface area contributed by atoms with E-state index in [1.807, 2.05) is 0 Å². The van der Waals surface area contributed by atoms with Crippen LogP contribution < -0.4 is 12.4 Å². The maximum atomic E-state index is 6.76. The van der Waals surface area contributed by atoms with Gasteiger partial charge >= 0.3 is 22.4 Å². The molecular weight excluding hydrogens is 1490 g/mol. The molecule has 14 heteroatoms. The van der Waals surface area contributed by atoms with E-state index in [-0.39, 0.29) is 115 Å². The first-order valence-electron chi connectivity index (χ1n) is 35.3. The van der Waals surface area contributed by atoms with Crippen molar-refractivity contribution in [2.75, 3.05) is 24.6 Å². The standard InChI is InChI=1S/2C42H52O4P2.Au.ClH/c2*1-31-39(43-27-35-17-9-5-10-18-35)40(44-28-36-19-11-6-12-20-36)32(2)47(31)25-26-48-33(3)41(45-29-37-21-13-7-14-22-37)42(34(48)4)46-30-38-23-15-8-16-24-38;;/h2*5-24,31-34,39-42H,25-30H2,1-4H3;;1H/q;;+1;/p-1. The Morgan fingerprint density at radius 1 is 0.194 bits per heavy atom. The molecule has 0 amide bonds. The zero-order valence-electron chi connectivity index (χ0n) is 58.6. The number of ether oxygens (including phenoxy) is 8. The Balaban J connectivity index is 0.000000225.